The molecule has 0 radical (unpaired) electrons. The first-order chi connectivity index (χ1) is 11.2. The van der Waals surface area contributed by atoms with Gasteiger partial charge in [-0.2, -0.15) is 0 Å². The third-order valence-corrected chi connectivity index (χ3v) is 5.92. The lowest BCUT2D eigenvalue weighted by atomic mass is 9.87. The molecule has 0 amide bonds. The molecule has 3 aliphatic rings. The van der Waals surface area contributed by atoms with Gasteiger partial charge in [-0.05, 0) is 39.7 Å². The number of nitrogens with one attached hydrogen (secondary N) is 1. The molecule has 2 heterocycles. The first-order valence-corrected chi connectivity index (χ1v) is 9.54. The topological polar surface area (TPSA) is 40.1 Å². The van der Waals surface area contributed by atoms with Crippen LogP contribution in [0, 0.1) is 5.41 Å². The maximum absolute atomic E-state index is 5.65. The van der Waals surface area contributed by atoms with Crippen molar-refractivity contribution >= 4 is 5.96 Å². The van der Waals surface area contributed by atoms with E-state index in [1.54, 1.807) is 0 Å². The minimum absolute atomic E-state index is 0.400. The van der Waals surface area contributed by atoms with E-state index in [-0.39, 0.29) is 0 Å². The van der Waals surface area contributed by atoms with Gasteiger partial charge in [0, 0.05) is 44.2 Å². The second-order valence-electron chi connectivity index (χ2n) is 7.63. The van der Waals surface area contributed by atoms with Crippen LogP contribution >= 0.6 is 0 Å². The molecule has 1 aliphatic carbocycles. The maximum atomic E-state index is 5.65. The summed E-state index contributed by atoms with van der Waals surface area (Å²) >= 11 is 0. The Bertz CT molecular complexity index is 400. The highest BCUT2D eigenvalue weighted by atomic mass is 16.5. The molecule has 2 saturated heterocycles. The molecule has 23 heavy (non-hydrogen) atoms. The van der Waals surface area contributed by atoms with Crippen LogP contribution in [-0.2, 0) is 4.74 Å². The monoisotopic (exact) mass is 322 g/mol. The molecule has 5 nitrogen and oxygen atoms in total. The lowest BCUT2D eigenvalue weighted by Crippen LogP contribution is -2.42. The third-order valence-electron chi connectivity index (χ3n) is 5.92. The van der Waals surface area contributed by atoms with Crippen LogP contribution in [0.3, 0.4) is 0 Å². The molecule has 1 saturated carbocycles. The van der Waals surface area contributed by atoms with Gasteiger partial charge in [-0.15, -0.1) is 0 Å². The predicted octanol–water partition coefficient (Wildman–Crippen LogP) is 1.94. The van der Waals surface area contributed by atoms with Gasteiger partial charge in [0.25, 0.3) is 0 Å². The zero-order valence-corrected chi connectivity index (χ0v) is 15.0. The SMILES string of the molecule is CCNC(=NCCN(C)C1CCCC1)N1CCC2(CCOC2)C1. The van der Waals surface area contributed by atoms with E-state index in [1.807, 2.05) is 0 Å². The first-order valence-electron chi connectivity index (χ1n) is 9.54. The minimum atomic E-state index is 0.400. The summed E-state index contributed by atoms with van der Waals surface area (Å²) in [7, 11) is 2.26. The molecule has 3 rings (SSSR count). The molecular formula is C18H34N4O. The van der Waals surface area contributed by atoms with Crippen LogP contribution in [0.25, 0.3) is 0 Å². The molecule has 132 valence electrons. The summed E-state index contributed by atoms with van der Waals surface area (Å²) in [5.74, 6) is 1.11. The molecule has 5 heteroatoms. The van der Waals surface area contributed by atoms with Gasteiger partial charge in [0.1, 0.15) is 0 Å². The average Bonchev–Trinajstić information content (AvgIpc) is 3.29. The van der Waals surface area contributed by atoms with E-state index in [1.165, 1.54) is 38.5 Å². The number of hydrogen-bond acceptors (Lipinski definition) is 3. The van der Waals surface area contributed by atoms with Crippen LogP contribution in [-0.4, -0.2) is 74.8 Å². The highest BCUT2D eigenvalue weighted by Gasteiger charge is 2.42. The summed E-state index contributed by atoms with van der Waals surface area (Å²) in [6, 6.07) is 0.790. The van der Waals surface area contributed by atoms with E-state index in [4.69, 9.17) is 9.73 Å². The second-order valence-corrected chi connectivity index (χ2v) is 7.63. The Labute approximate surface area is 141 Å². The summed E-state index contributed by atoms with van der Waals surface area (Å²) < 4.78 is 5.65. The Balaban J connectivity index is 1.51. The molecule has 1 N–H and O–H groups in total. The Morgan fingerprint density at radius 3 is 2.87 bits per heavy atom. The highest BCUT2D eigenvalue weighted by Crippen LogP contribution is 2.38. The van der Waals surface area contributed by atoms with Crippen molar-refractivity contribution in [1.82, 2.24) is 15.1 Å². The summed E-state index contributed by atoms with van der Waals surface area (Å²) in [5.41, 5.74) is 0.400. The van der Waals surface area contributed by atoms with E-state index in [0.29, 0.717) is 5.41 Å². The minimum Gasteiger partial charge on any atom is -0.381 e. The Hall–Kier alpha value is -0.810. The van der Waals surface area contributed by atoms with Crippen LogP contribution in [0.15, 0.2) is 4.99 Å². The Kier molecular flexibility index (Phi) is 5.81. The Morgan fingerprint density at radius 1 is 1.35 bits per heavy atom. The third kappa shape index (κ3) is 4.18. The number of nitrogens with zero attached hydrogens (tertiary/aromatic N) is 3. The molecule has 3 fully saturated rings. The molecular weight excluding hydrogens is 288 g/mol. The normalized spacial score (nSPS) is 29.3. The summed E-state index contributed by atoms with van der Waals surface area (Å²) in [5, 5.41) is 3.49. The molecule has 1 spiro atoms. The fourth-order valence-electron chi connectivity index (χ4n) is 4.35. The number of aliphatic imine (C=N–C) groups is 1. The van der Waals surface area contributed by atoms with Crippen molar-refractivity contribution in [3.63, 3.8) is 0 Å². The highest BCUT2D eigenvalue weighted by molar-refractivity contribution is 5.80. The van der Waals surface area contributed by atoms with Gasteiger partial charge in [0.2, 0.25) is 0 Å². The van der Waals surface area contributed by atoms with Crippen molar-refractivity contribution in [2.24, 2.45) is 10.4 Å². The fourth-order valence-corrected chi connectivity index (χ4v) is 4.35. The Morgan fingerprint density at radius 2 is 2.17 bits per heavy atom. The van der Waals surface area contributed by atoms with Gasteiger partial charge < -0.3 is 19.9 Å². The number of likely N-dealkylation sites (tertiary alicyclic amines) is 1. The lowest BCUT2D eigenvalue weighted by Gasteiger charge is -2.26. The molecule has 0 aromatic heterocycles. The maximum Gasteiger partial charge on any atom is 0.193 e. The lowest BCUT2D eigenvalue weighted by molar-refractivity contribution is 0.156. The molecule has 1 unspecified atom stereocenters. The molecule has 0 bridgehead atoms. The van der Waals surface area contributed by atoms with Crippen molar-refractivity contribution in [1.29, 1.82) is 0 Å². The van der Waals surface area contributed by atoms with Crippen LogP contribution in [0.4, 0.5) is 0 Å². The molecule has 2 aliphatic heterocycles. The van der Waals surface area contributed by atoms with Gasteiger partial charge >= 0.3 is 0 Å². The van der Waals surface area contributed by atoms with Gasteiger partial charge in [0.15, 0.2) is 5.96 Å². The summed E-state index contributed by atoms with van der Waals surface area (Å²) in [6.45, 7) is 9.17. The van der Waals surface area contributed by atoms with E-state index < -0.39 is 0 Å². The van der Waals surface area contributed by atoms with Crippen LogP contribution in [0.1, 0.15) is 45.4 Å². The van der Waals surface area contributed by atoms with E-state index in [9.17, 15) is 0 Å². The van der Waals surface area contributed by atoms with E-state index in [2.05, 4.69) is 29.1 Å². The average molecular weight is 322 g/mol. The zero-order valence-electron chi connectivity index (χ0n) is 15.0. The second kappa shape index (κ2) is 7.84. The number of ether oxygens (including phenoxy) is 1. The summed E-state index contributed by atoms with van der Waals surface area (Å²) in [6.07, 6.45) is 8.01. The van der Waals surface area contributed by atoms with E-state index in [0.717, 1.165) is 57.9 Å². The largest absolute Gasteiger partial charge is 0.381 e. The molecule has 1 atom stereocenters. The number of guanidine groups is 1. The van der Waals surface area contributed by atoms with Gasteiger partial charge in [-0.3, -0.25) is 4.99 Å². The summed E-state index contributed by atoms with van der Waals surface area (Å²) in [4.78, 5) is 9.87. The number of hydrogen-bond donors (Lipinski definition) is 1. The van der Waals surface area contributed by atoms with Crippen molar-refractivity contribution < 1.29 is 4.74 Å². The zero-order chi connectivity index (χ0) is 16.1. The predicted molar refractivity (Wildman–Crippen MR) is 94.9 cm³/mol. The fraction of sp³-hybridized carbons (Fsp3) is 0.944. The first kappa shape index (κ1) is 17.0. The van der Waals surface area contributed by atoms with Crippen molar-refractivity contribution in [2.45, 2.75) is 51.5 Å². The van der Waals surface area contributed by atoms with Gasteiger partial charge in [-0.25, -0.2) is 0 Å². The standard InChI is InChI=1S/C18H34N4O/c1-3-19-17(20-10-12-21(2)16-6-4-5-7-16)22-11-8-18(14-22)9-13-23-15-18/h16H,3-15H2,1-2H3,(H,19,20). The smallest absolute Gasteiger partial charge is 0.193 e. The number of rotatable bonds is 5. The van der Waals surface area contributed by atoms with Crippen molar-refractivity contribution in [2.75, 3.05) is 53.0 Å². The van der Waals surface area contributed by atoms with Crippen LogP contribution < -0.4 is 5.32 Å². The van der Waals surface area contributed by atoms with Crippen molar-refractivity contribution in [3.8, 4) is 0 Å². The van der Waals surface area contributed by atoms with Gasteiger partial charge in [0.05, 0.1) is 13.2 Å². The van der Waals surface area contributed by atoms with Gasteiger partial charge in [-0.1, -0.05) is 12.8 Å². The number of likely N-dealkylation sites (N-methyl/N-ethyl adjacent to an activating group) is 1. The van der Waals surface area contributed by atoms with Crippen LogP contribution in [0.2, 0.25) is 0 Å². The molecule has 0 aromatic carbocycles. The quantitative estimate of drug-likeness (QED) is 0.620. The van der Waals surface area contributed by atoms with Crippen molar-refractivity contribution in [3.05, 3.63) is 0 Å². The molecule has 0 aromatic rings. The van der Waals surface area contributed by atoms with Crippen LogP contribution in [0.5, 0.6) is 0 Å². The van der Waals surface area contributed by atoms with E-state index >= 15 is 0 Å².